The second-order valence-corrected chi connectivity index (χ2v) is 7.71. The van der Waals surface area contributed by atoms with Gasteiger partial charge in [-0.3, -0.25) is 4.90 Å². The summed E-state index contributed by atoms with van der Waals surface area (Å²) in [5.41, 5.74) is 3.67. The molecule has 0 atom stereocenters. The molecule has 1 aliphatic heterocycles. The number of nitrogens with one attached hydrogen (secondary N) is 1. The zero-order valence-electron chi connectivity index (χ0n) is 16.4. The molecule has 2 aromatic heterocycles. The van der Waals surface area contributed by atoms with E-state index < -0.39 is 11.7 Å². The van der Waals surface area contributed by atoms with Gasteiger partial charge in [0.05, 0.1) is 11.3 Å². The predicted octanol–water partition coefficient (Wildman–Crippen LogP) is 5.34. The number of rotatable bonds is 3. The van der Waals surface area contributed by atoms with E-state index in [4.69, 9.17) is 0 Å². The maximum atomic E-state index is 13.4. The summed E-state index contributed by atoms with van der Waals surface area (Å²) in [5.74, 6) is 0.161. The summed E-state index contributed by atoms with van der Waals surface area (Å²) in [6.45, 7) is 2.19. The molecule has 0 amide bonds. The SMILES string of the molecule is Fc1ccc2c(CN3CCc4nc(-c5ccc(C(F)(F)F)cc5)ncc4C3)c[nH]c2c1. The van der Waals surface area contributed by atoms with Crippen molar-refractivity contribution in [1.82, 2.24) is 19.9 Å². The van der Waals surface area contributed by atoms with Gasteiger partial charge in [-0.1, -0.05) is 12.1 Å². The van der Waals surface area contributed by atoms with E-state index in [1.54, 1.807) is 12.3 Å². The molecule has 31 heavy (non-hydrogen) atoms. The van der Waals surface area contributed by atoms with Crippen LogP contribution in [-0.4, -0.2) is 26.4 Å². The third kappa shape index (κ3) is 3.90. The summed E-state index contributed by atoms with van der Waals surface area (Å²) in [4.78, 5) is 14.4. The van der Waals surface area contributed by atoms with Gasteiger partial charge in [-0.05, 0) is 35.9 Å². The molecule has 8 heteroatoms. The minimum atomic E-state index is -4.36. The van der Waals surface area contributed by atoms with Crippen molar-refractivity contribution in [3.8, 4) is 11.4 Å². The second-order valence-electron chi connectivity index (χ2n) is 7.71. The molecule has 0 spiro atoms. The second kappa shape index (κ2) is 7.46. The lowest BCUT2D eigenvalue weighted by atomic mass is 10.0. The maximum absolute atomic E-state index is 13.4. The molecular weight excluding hydrogens is 408 g/mol. The van der Waals surface area contributed by atoms with Gasteiger partial charge in [0, 0.05) is 60.5 Å². The Labute approximate surface area is 175 Å². The Hall–Kier alpha value is -3.26. The first-order valence-electron chi connectivity index (χ1n) is 9.87. The first kappa shape index (κ1) is 19.7. The number of aromatic nitrogens is 3. The van der Waals surface area contributed by atoms with Crippen molar-refractivity contribution in [3.63, 3.8) is 0 Å². The van der Waals surface area contributed by atoms with E-state index in [1.807, 2.05) is 6.20 Å². The number of halogens is 4. The number of hydrogen-bond acceptors (Lipinski definition) is 3. The molecule has 1 N–H and O–H groups in total. The molecule has 0 saturated carbocycles. The average Bonchev–Trinajstić information content (AvgIpc) is 3.14. The van der Waals surface area contributed by atoms with Crippen molar-refractivity contribution in [2.75, 3.05) is 6.54 Å². The minimum Gasteiger partial charge on any atom is -0.361 e. The topological polar surface area (TPSA) is 44.8 Å². The number of hydrogen-bond donors (Lipinski definition) is 1. The number of nitrogens with zero attached hydrogens (tertiary/aromatic N) is 3. The van der Waals surface area contributed by atoms with Crippen LogP contribution in [0.5, 0.6) is 0 Å². The number of H-pyrrole nitrogens is 1. The zero-order valence-corrected chi connectivity index (χ0v) is 16.4. The van der Waals surface area contributed by atoms with Crippen molar-refractivity contribution < 1.29 is 17.6 Å². The van der Waals surface area contributed by atoms with Crippen molar-refractivity contribution >= 4 is 10.9 Å². The third-order valence-electron chi connectivity index (χ3n) is 5.61. The van der Waals surface area contributed by atoms with Gasteiger partial charge in [-0.2, -0.15) is 13.2 Å². The summed E-state index contributed by atoms with van der Waals surface area (Å²) in [5, 5.41) is 1.00. The van der Waals surface area contributed by atoms with E-state index in [2.05, 4.69) is 19.9 Å². The summed E-state index contributed by atoms with van der Waals surface area (Å²) in [6.07, 6.45) is 0.0239. The average molecular weight is 426 g/mol. The Morgan fingerprint density at radius 3 is 2.65 bits per heavy atom. The number of benzene rings is 2. The molecule has 4 nitrogen and oxygen atoms in total. The van der Waals surface area contributed by atoms with Crippen molar-refractivity contribution in [3.05, 3.63) is 83.1 Å². The Morgan fingerprint density at radius 1 is 1.06 bits per heavy atom. The maximum Gasteiger partial charge on any atom is 0.416 e. The lowest BCUT2D eigenvalue weighted by Gasteiger charge is -2.28. The summed E-state index contributed by atoms with van der Waals surface area (Å²) in [7, 11) is 0. The Kier molecular flexibility index (Phi) is 4.74. The molecule has 0 bridgehead atoms. The van der Waals surface area contributed by atoms with Gasteiger partial charge in [0.1, 0.15) is 5.82 Å². The third-order valence-corrected chi connectivity index (χ3v) is 5.61. The van der Waals surface area contributed by atoms with Crippen molar-refractivity contribution in [1.29, 1.82) is 0 Å². The Balaban J connectivity index is 1.33. The largest absolute Gasteiger partial charge is 0.416 e. The van der Waals surface area contributed by atoms with Gasteiger partial charge in [0.15, 0.2) is 5.82 Å². The lowest BCUT2D eigenvalue weighted by molar-refractivity contribution is -0.137. The highest BCUT2D eigenvalue weighted by Gasteiger charge is 2.30. The highest BCUT2D eigenvalue weighted by molar-refractivity contribution is 5.83. The van der Waals surface area contributed by atoms with Crippen LogP contribution >= 0.6 is 0 Å². The highest BCUT2D eigenvalue weighted by Crippen LogP contribution is 2.31. The van der Waals surface area contributed by atoms with Gasteiger partial charge < -0.3 is 4.98 Å². The molecule has 0 unspecified atom stereocenters. The molecule has 0 aliphatic carbocycles. The standard InChI is InChI=1S/C23H18F4N4/c24-18-5-6-19-15(10-28-21(19)9-18)12-31-8-7-20-16(13-31)11-29-22(30-20)14-1-3-17(4-2-14)23(25,26)27/h1-6,9-11,28H,7-8,12-13H2. The number of fused-ring (bicyclic) bond motifs is 2. The van der Waals surface area contributed by atoms with E-state index in [1.165, 1.54) is 24.3 Å². The number of aromatic amines is 1. The molecule has 1 aliphatic rings. The van der Waals surface area contributed by atoms with Crippen LogP contribution in [0.1, 0.15) is 22.4 Å². The van der Waals surface area contributed by atoms with Crippen LogP contribution in [0, 0.1) is 5.82 Å². The van der Waals surface area contributed by atoms with Crippen molar-refractivity contribution in [2.45, 2.75) is 25.7 Å². The van der Waals surface area contributed by atoms with Crippen molar-refractivity contribution in [2.24, 2.45) is 0 Å². The molecule has 0 radical (unpaired) electrons. The van der Waals surface area contributed by atoms with Gasteiger partial charge in [0.2, 0.25) is 0 Å². The van der Waals surface area contributed by atoms with Crippen LogP contribution < -0.4 is 0 Å². The fraction of sp³-hybridized carbons (Fsp3) is 0.217. The van der Waals surface area contributed by atoms with Crippen LogP contribution in [0.3, 0.4) is 0 Å². The van der Waals surface area contributed by atoms with E-state index >= 15 is 0 Å². The fourth-order valence-electron chi connectivity index (χ4n) is 3.99. The van der Waals surface area contributed by atoms with E-state index in [0.717, 1.165) is 52.8 Å². The van der Waals surface area contributed by atoms with E-state index in [-0.39, 0.29) is 5.82 Å². The predicted molar refractivity (Wildman–Crippen MR) is 109 cm³/mol. The molecule has 0 fully saturated rings. The summed E-state index contributed by atoms with van der Waals surface area (Å²) < 4.78 is 51.7. The molecule has 2 aromatic carbocycles. The lowest BCUT2D eigenvalue weighted by Crippen LogP contribution is -2.30. The molecule has 5 rings (SSSR count). The van der Waals surface area contributed by atoms with Gasteiger partial charge in [-0.15, -0.1) is 0 Å². The summed E-state index contributed by atoms with van der Waals surface area (Å²) >= 11 is 0. The highest BCUT2D eigenvalue weighted by atomic mass is 19.4. The van der Waals surface area contributed by atoms with Crippen LogP contribution in [0.2, 0.25) is 0 Å². The van der Waals surface area contributed by atoms with Gasteiger partial charge in [-0.25, -0.2) is 14.4 Å². The van der Waals surface area contributed by atoms with Gasteiger partial charge >= 0.3 is 6.18 Å². The monoisotopic (exact) mass is 426 g/mol. The molecule has 3 heterocycles. The quantitative estimate of drug-likeness (QED) is 0.450. The van der Waals surface area contributed by atoms with E-state index in [0.29, 0.717) is 24.5 Å². The molecule has 0 saturated heterocycles. The Bertz CT molecular complexity index is 1240. The Morgan fingerprint density at radius 2 is 1.87 bits per heavy atom. The number of alkyl halides is 3. The first-order valence-corrected chi connectivity index (χ1v) is 9.87. The van der Waals surface area contributed by atoms with Gasteiger partial charge in [0.25, 0.3) is 0 Å². The molecular formula is C23H18F4N4. The van der Waals surface area contributed by atoms with Crippen LogP contribution in [0.4, 0.5) is 17.6 Å². The fourth-order valence-corrected chi connectivity index (χ4v) is 3.99. The van der Waals surface area contributed by atoms with Crippen LogP contribution in [-0.2, 0) is 25.7 Å². The first-order chi connectivity index (χ1) is 14.9. The van der Waals surface area contributed by atoms with Crippen LogP contribution in [0.25, 0.3) is 22.3 Å². The minimum absolute atomic E-state index is 0.270. The van der Waals surface area contributed by atoms with Crippen LogP contribution in [0.15, 0.2) is 54.9 Å². The van der Waals surface area contributed by atoms with E-state index in [9.17, 15) is 17.6 Å². The smallest absolute Gasteiger partial charge is 0.361 e. The summed E-state index contributed by atoms with van der Waals surface area (Å²) in [6, 6.07) is 9.63. The normalized spacial score (nSPS) is 14.7. The molecule has 158 valence electrons. The zero-order chi connectivity index (χ0) is 21.6. The molecule has 4 aromatic rings.